The highest BCUT2D eigenvalue weighted by molar-refractivity contribution is 5.85. The molecule has 0 spiro atoms. The molecule has 1 aromatic rings. The minimum absolute atomic E-state index is 0.00356. The molecule has 1 aliphatic rings. The molecule has 0 radical (unpaired) electrons. The Kier molecular flexibility index (Phi) is 4.30. The van der Waals surface area contributed by atoms with Crippen LogP contribution in [0.1, 0.15) is 32.4 Å². The van der Waals surface area contributed by atoms with Gasteiger partial charge < -0.3 is 4.90 Å². The fraction of sp³-hybridized carbons (Fsp3) is 0.533. The van der Waals surface area contributed by atoms with Gasteiger partial charge in [0.1, 0.15) is 6.04 Å². The van der Waals surface area contributed by atoms with Crippen LogP contribution in [0, 0.1) is 11.8 Å². The second-order valence-electron chi connectivity index (χ2n) is 5.63. The second-order valence-corrected chi connectivity index (χ2v) is 5.63. The number of hydrogen-bond acceptors (Lipinski definition) is 2. The monoisotopic (exact) mass is 272 g/mol. The first kappa shape index (κ1) is 14.4. The summed E-state index contributed by atoms with van der Waals surface area (Å²) in [6, 6.07) is 9.37. The quantitative estimate of drug-likeness (QED) is 0.469. The Morgan fingerprint density at radius 2 is 1.95 bits per heavy atom. The van der Waals surface area contributed by atoms with Crippen molar-refractivity contribution in [2.75, 3.05) is 6.54 Å². The molecule has 5 heteroatoms. The Balaban J connectivity index is 2.25. The fourth-order valence-electron chi connectivity index (χ4n) is 2.80. The van der Waals surface area contributed by atoms with E-state index in [1.807, 2.05) is 42.2 Å². The summed E-state index contributed by atoms with van der Waals surface area (Å²) >= 11 is 0. The van der Waals surface area contributed by atoms with Crippen molar-refractivity contribution < 1.29 is 4.79 Å². The number of nitrogens with zero attached hydrogens (tertiary/aromatic N) is 4. The summed E-state index contributed by atoms with van der Waals surface area (Å²) in [5, 5.41) is 3.72. The maximum absolute atomic E-state index is 12.5. The third-order valence-corrected chi connectivity index (χ3v) is 4.13. The highest BCUT2D eigenvalue weighted by Crippen LogP contribution is 2.33. The first-order valence-electron chi connectivity index (χ1n) is 6.96. The molecule has 0 aliphatic carbocycles. The van der Waals surface area contributed by atoms with Gasteiger partial charge in [0.05, 0.1) is 6.04 Å². The lowest BCUT2D eigenvalue weighted by molar-refractivity contribution is -0.130. The molecule has 0 saturated carbocycles. The summed E-state index contributed by atoms with van der Waals surface area (Å²) in [6.07, 6.45) is 0. The molecule has 0 N–H and O–H groups in total. The zero-order valence-corrected chi connectivity index (χ0v) is 12.1. The fourth-order valence-corrected chi connectivity index (χ4v) is 2.80. The largest absolute Gasteiger partial charge is 0.335 e. The van der Waals surface area contributed by atoms with Gasteiger partial charge in [-0.15, -0.1) is 0 Å². The van der Waals surface area contributed by atoms with Gasteiger partial charge in [0.2, 0.25) is 5.91 Å². The van der Waals surface area contributed by atoms with Crippen molar-refractivity contribution in [1.82, 2.24) is 4.90 Å². The van der Waals surface area contributed by atoms with Gasteiger partial charge in [-0.25, -0.2) is 0 Å². The predicted octanol–water partition coefficient (Wildman–Crippen LogP) is 3.54. The Labute approximate surface area is 119 Å². The molecule has 5 nitrogen and oxygen atoms in total. The van der Waals surface area contributed by atoms with Crippen LogP contribution in [0.25, 0.3) is 10.4 Å². The smallest absolute Gasteiger partial charge is 0.232 e. The molecule has 0 bridgehead atoms. The summed E-state index contributed by atoms with van der Waals surface area (Å²) in [6.45, 7) is 6.79. The molecule has 1 heterocycles. The predicted molar refractivity (Wildman–Crippen MR) is 77.8 cm³/mol. The van der Waals surface area contributed by atoms with Crippen LogP contribution in [0.3, 0.4) is 0 Å². The molecule has 1 amide bonds. The first-order chi connectivity index (χ1) is 9.56. The lowest BCUT2D eigenvalue weighted by Gasteiger charge is -2.25. The maximum atomic E-state index is 12.5. The third kappa shape index (κ3) is 2.63. The molecule has 0 aromatic heterocycles. The van der Waals surface area contributed by atoms with E-state index in [0.717, 1.165) is 5.56 Å². The van der Waals surface area contributed by atoms with E-state index in [2.05, 4.69) is 23.9 Å². The number of likely N-dealkylation sites (tertiary alicyclic amines) is 1. The van der Waals surface area contributed by atoms with E-state index in [9.17, 15) is 4.79 Å². The number of hydrogen-bond donors (Lipinski definition) is 0. The topological polar surface area (TPSA) is 69.1 Å². The van der Waals surface area contributed by atoms with Crippen molar-refractivity contribution in [1.29, 1.82) is 0 Å². The number of rotatable bonds is 4. The van der Waals surface area contributed by atoms with E-state index in [4.69, 9.17) is 5.53 Å². The summed E-state index contributed by atoms with van der Waals surface area (Å²) in [4.78, 5) is 17.2. The van der Waals surface area contributed by atoms with E-state index in [1.54, 1.807) is 0 Å². The Hall–Kier alpha value is -2.00. The number of carbonyl (C=O) groups excluding carboxylic acids is 1. The van der Waals surface area contributed by atoms with Crippen LogP contribution in [0.2, 0.25) is 0 Å². The van der Waals surface area contributed by atoms with E-state index in [0.29, 0.717) is 12.5 Å². The van der Waals surface area contributed by atoms with E-state index in [-0.39, 0.29) is 17.9 Å². The van der Waals surface area contributed by atoms with Crippen LogP contribution >= 0.6 is 0 Å². The van der Waals surface area contributed by atoms with E-state index < -0.39 is 6.04 Å². The first-order valence-corrected chi connectivity index (χ1v) is 6.96. The minimum atomic E-state index is -0.564. The lowest BCUT2D eigenvalue weighted by atomic mass is 9.91. The summed E-state index contributed by atoms with van der Waals surface area (Å²) in [5.74, 6) is 0.338. The zero-order chi connectivity index (χ0) is 14.7. The van der Waals surface area contributed by atoms with Gasteiger partial charge in [-0.1, -0.05) is 49.3 Å². The number of benzene rings is 1. The second kappa shape index (κ2) is 5.97. The average Bonchev–Trinajstić information content (AvgIpc) is 2.77. The Morgan fingerprint density at radius 1 is 1.30 bits per heavy atom. The number of azide groups is 1. The molecule has 2 rings (SSSR count). The van der Waals surface area contributed by atoms with E-state index >= 15 is 0 Å². The molecule has 1 saturated heterocycles. The highest BCUT2D eigenvalue weighted by Gasteiger charge is 2.43. The van der Waals surface area contributed by atoms with Gasteiger partial charge in [0.15, 0.2) is 0 Å². The molecular formula is C15H20N4O. The van der Waals surface area contributed by atoms with Gasteiger partial charge in [-0.05, 0) is 29.9 Å². The third-order valence-electron chi connectivity index (χ3n) is 4.13. The van der Waals surface area contributed by atoms with Gasteiger partial charge in [0.25, 0.3) is 0 Å². The van der Waals surface area contributed by atoms with Crippen LogP contribution in [-0.4, -0.2) is 23.4 Å². The van der Waals surface area contributed by atoms with Crippen LogP contribution in [-0.2, 0) is 4.79 Å². The summed E-state index contributed by atoms with van der Waals surface area (Å²) in [7, 11) is 0. The average molecular weight is 272 g/mol. The van der Waals surface area contributed by atoms with Crippen molar-refractivity contribution in [2.24, 2.45) is 17.0 Å². The van der Waals surface area contributed by atoms with Crippen LogP contribution in [0.15, 0.2) is 35.4 Å². The molecule has 3 atom stereocenters. The van der Waals surface area contributed by atoms with Crippen molar-refractivity contribution in [3.8, 4) is 0 Å². The molecule has 1 aromatic carbocycles. The Morgan fingerprint density at radius 3 is 2.50 bits per heavy atom. The van der Waals surface area contributed by atoms with Crippen LogP contribution < -0.4 is 0 Å². The number of carbonyl (C=O) groups is 1. The highest BCUT2D eigenvalue weighted by atomic mass is 16.2. The Bertz CT molecular complexity index is 522. The maximum Gasteiger partial charge on any atom is 0.232 e. The van der Waals surface area contributed by atoms with Crippen molar-refractivity contribution in [2.45, 2.75) is 32.9 Å². The SMILES string of the molecule is CC(C)[C@H]1CN([C@H](C)c2ccccc2)C(=O)[C@H]1N=[N+]=[N-]. The van der Waals surface area contributed by atoms with Gasteiger partial charge >= 0.3 is 0 Å². The standard InChI is InChI=1S/C15H20N4O/c1-10(2)13-9-19(15(20)14(13)17-18-16)11(3)12-7-5-4-6-8-12/h4-8,10-11,13-14H,9H2,1-3H3/t11-,13-,14+/m1/s1. The van der Waals surface area contributed by atoms with Crippen LogP contribution in [0.5, 0.6) is 0 Å². The van der Waals surface area contributed by atoms with Gasteiger partial charge in [0, 0.05) is 11.5 Å². The molecule has 0 unspecified atom stereocenters. The molecule has 106 valence electrons. The van der Waals surface area contributed by atoms with Gasteiger partial charge in [-0.2, -0.15) is 0 Å². The van der Waals surface area contributed by atoms with Crippen molar-refractivity contribution in [3.05, 3.63) is 46.3 Å². The number of amides is 1. The molecule has 1 aliphatic heterocycles. The zero-order valence-electron chi connectivity index (χ0n) is 12.1. The van der Waals surface area contributed by atoms with Crippen LogP contribution in [0.4, 0.5) is 0 Å². The van der Waals surface area contributed by atoms with Gasteiger partial charge in [-0.3, -0.25) is 4.79 Å². The summed E-state index contributed by atoms with van der Waals surface area (Å²) in [5.41, 5.74) is 9.78. The van der Waals surface area contributed by atoms with E-state index in [1.165, 1.54) is 0 Å². The lowest BCUT2D eigenvalue weighted by Crippen LogP contribution is -2.31. The normalized spacial score (nSPS) is 23.8. The molecule has 20 heavy (non-hydrogen) atoms. The van der Waals surface area contributed by atoms with Crippen molar-refractivity contribution >= 4 is 5.91 Å². The molecular weight excluding hydrogens is 252 g/mol. The van der Waals surface area contributed by atoms with Crippen molar-refractivity contribution in [3.63, 3.8) is 0 Å². The summed E-state index contributed by atoms with van der Waals surface area (Å²) < 4.78 is 0. The minimum Gasteiger partial charge on any atom is -0.335 e. The molecule has 1 fully saturated rings.